The highest BCUT2D eigenvalue weighted by Crippen LogP contribution is 2.38. The first-order valence-electron chi connectivity index (χ1n) is 6.81. The third kappa shape index (κ3) is 2.36. The third-order valence-electron chi connectivity index (χ3n) is 4.12. The minimum Gasteiger partial charge on any atom is -0.327 e. The normalized spacial score (nSPS) is 17.1. The lowest BCUT2D eigenvalue weighted by molar-refractivity contribution is 0.431. The number of hydrogen-bond acceptors (Lipinski definition) is 1. The van der Waals surface area contributed by atoms with Crippen LogP contribution in [0, 0.1) is 24.6 Å². The maximum atomic E-state index is 13.6. The van der Waals surface area contributed by atoms with Crippen LogP contribution in [0.15, 0.2) is 12.1 Å². The second kappa shape index (κ2) is 4.78. The zero-order valence-corrected chi connectivity index (χ0v) is 12.0. The molecule has 19 heavy (non-hydrogen) atoms. The van der Waals surface area contributed by atoms with Crippen molar-refractivity contribution in [3.05, 3.63) is 29.3 Å². The summed E-state index contributed by atoms with van der Waals surface area (Å²) in [6.07, 6.45) is 2.66. The Morgan fingerprint density at radius 1 is 1.47 bits per heavy atom. The molecule has 4 heteroatoms. The lowest BCUT2D eigenvalue weighted by atomic mass is 10.1. The van der Waals surface area contributed by atoms with Gasteiger partial charge in [0.1, 0.15) is 11.6 Å². The molecule has 0 spiro atoms. The first kappa shape index (κ1) is 12.9. The number of aromatic nitrogens is 2. The summed E-state index contributed by atoms with van der Waals surface area (Å²) in [5.74, 6) is 2.47. The van der Waals surface area contributed by atoms with Gasteiger partial charge < -0.3 is 4.57 Å². The van der Waals surface area contributed by atoms with Crippen LogP contribution in [0.4, 0.5) is 4.39 Å². The van der Waals surface area contributed by atoms with E-state index in [-0.39, 0.29) is 5.82 Å². The molecule has 1 atom stereocenters. The van der Waals surface area contributed by atoms with Gasteiger partial charge in [-0.15, -0.1) is 11.6 Å². The SMILES string of the molecule is Cc1cc2c(cc1F)nc(CCl)n2CC(C)C1CC1. The van der Waals surface area contributed by atoms with Crippen molar-refractivity contribution in [2.45, 2.75) is 39.1 Å². The third-order valence-corrected chi connectivity index (χ3v) is 4.36. The van der Waals surface area contributed by atoms with Crippen LogP contribution in [-0.4, -0.2) is 9.55 Å². The second-order valence-electron chi connectivity index (χ2n) is 5.68. The van der Waals surface area contributed by atoms with Crippen molar-refractivity contribution in [2.24, 2.45) is 11.8 Å². The summed E-state index contributed by atoms with van der Waals surface area (Å²) in [4.78, 5) is 4.46. The minimum absolute atomic E-state index is 0.200. The fourth-order valence-corrected chi connectivity index (χ4v) is 2.91. The number of aryl methyl sites for hydroxylation is 1. The highest BCUT2D eigenvalue weighted by molar-refractivity contribution is 6.16. The number of imidazole rings is 1. The Balaban J connectivity index is 2.06. The van der Waals surface area contributed by atoms with Gasteiger partial charge in [0.05, 0.1) is 16.9 Å². The molecular formula is C15H18ClFN2. The highest BCUT2D eigenvalue weighted by atomic mass is 35.5. The zero-order valence-electron chi connectivity index (χ0n) is 11.3. The number of hydrogen-bond donors (Lipinski definition) is 0. The average molecular weight is 281 g/mol. The number of benzene rings is 1. The molecule has 1 aromatic heterocycles. The molecule has 1 unspecified atom stereocenters. The standard InChI is InChI=1S/C15H18ClFN2/c1-9-5-14-13(6-12(9)17)18-15(7-16)19(14)8-10(2)11-3-4-11/h5-6,10-11H,3-4,7-8H2,1-2H3. The summed E-state index contributed by atoms with van der Waals surface area (Å²) in [7, 11) is 0. The molecule has 102 valence electrons. The van der Waals surface area contributed by atoms with E-state index in [0.717, 1.165) is 23.8 Å². The monoisotopic (exact) mass is 280 g/mol. The molecular weight excluding hydrogens is 263 g/mol. The van der Waals surface area contributed by atoms with Crippen molar-refractivity contribution in [1.82, 2.24) is 9.55 Å². The van der Waals surface area contributed by atoms with E-state index in [0.29, 0.717) is 22.9 Å². The van der Waals surface area contributed by atoms with Crippen LogP contribution in [0.5, 0.6) is 0 Å². The zero-order chi connectivity index (χ0) is 13.6. The number of fused-ring (bicyclic) bond motifs is 1. The van der Waals surface area contributed by atoms with Gasteiger partial charge in [-0.2, -0.15) is 0 Å². The Morgan fingerprint density at radius 2 is 2.21 bits per heavy atom. The van der Waals surface area contributed by atoms with E-state index in [2.05, 4.69) is 16.5 Å². The van der Waals surface area contributed by atoms with E-state index in [1.165, 1.54) is 18.9 Å². The van der Waals surface area contributed by atoms with Crippen molar-refractivity contribution in [2.75, 3.05) is 0 Å². The van der Waals surface area contributed by atoms with Gasteiger partial charge in [-0.1, -0.05) is 6.92 Å². The number of rotatable bonds is 4. The predicted octanol–water partition coefficient (Wildman–Crippen LogP) is 4.27. The molecule has 2 nitrogen and oxygen atoms in total. The molecule has 1 heterocycles. The van der Waals surface area contributed by atoms with Gasteiger partial charge >= 0.3 is 0 Å². The number of halogens is 2. The van der Waals surface area contributed by atoms with E-state index in [1.807, 2.05) is 6.07 Å². The van der Waals surface area contributed by atoms with Gasteiger partial charge in [-0.3, -0.25) is 0 Å². The van der Waals surface area contributed by atoms with Crippen LogP contribution in [0.1, 0.15) is 31.2 Å². The minimum atomic E-state index is -0.200. The molecule has 0 amide bonds. The fourth-order valence-electron chi connectivity index (χ4n) is 2.71. The Bertz CT molecular complexity index is 616. The topological polar surface area (TPSA) is 17.8 Å². The summed E-state index contributed by atoms with van der Waals surface area (Å²) in [6, 6.07) is 3.40. The molecule has 0 bridgehead atoms. The quantitative estimate of drug-likeness (QED) is 0.765. The Morgan fingerprint density at radius 3 is 2.84 bits per heavy atom. The van der Waals surface area contributed by atoms with E-state index in [1.54, 1.807) is 6.92 Å². The van der Waals surface area contributed by atoms with Crippen LogP contribution >= 0.6 is 11.6 Å². The lowest BCUT2D eigenvalue weighted by Gasteiger charge is -2.14. The van der Waals surface area contributed by atoms with Crippen LogP contribution < -0.4 is 0 Å². The van der Waals surface area contributed by atoms with Crippen molar-refractivity contribution in [3.8, 4) is 0 Å². The number of nitrogens with zero attached hydrogens (tertiary/aromatic N) is 2. The Hall–Kier alpha value is -1.09. The largest absolute Gasteiger partial charge is 0.327 e. The summed E-state index contributed by atoms with van der Waals surface area (Å²) in [6.45, 7) is 4.99. The molecule has 1 fully saturated rings. The summed E-state index contributed by atoms with van der Waals surface area (Å²) >= 11 is 5.98. The maximum absolute atomic E-state index is 13.6. The van der Waals surface area contributed by atoms with Crippen LogP contribution in [0.2, 0.25) is 0 Å². The van der Waals surface area contributed by atoms with Gasteiger partial charge in [-0.05, 0) is 43.2 Å². The van der Waals surface area contributed by atoms with Gasteiger partial charge in [0.25, 0.3) is 0 Å². The second-order valence-corrected chi connectivity index (χ2v) is 5.94. The average Bonchev–Trinajstić information content (AvgIpc) is 3.17. The fraction of sp³-hybridized carbons (Fsp3) is 0.533. The lowest BCUT2D eigenvalue weighted by Crippen LogP contribution is -2.11. The van der Waals surface area contributed by atoms with E-state index >= 15 is 0 Å². The highest BCUT2D eigenvalue weighted by Gasteiger charge is 2.28. The van der Waals surface area contributed by atoms with Gasteiger partial charge in [0.15, 0.2) is 0 Å². The van der Waals surface area contributed by atoms with Crippen LogP contribution in [0.3, 0.4) is 0 Å². The molecule has 1 saturated carbocycles. The van der Waals surface area contributed by atoms with Gasteiger partial charge in [0, 0.05) is 12.6 Å². The Labute approximate surface area is 117 Å². The van der Waals surface area contributed by atoms with E-state index < -0.39 is 0 Å². The molecule has 0 radical (unpaired) electrons. The molecule has 0 aliphatic heterocycles. The van der Waals surface area contributed by atoms with Crippen molar-refractivity contribution in [1.29, 1.82) is 0 Å². The first-order valence-corrected chi connectivity index (χ1v) is 7.35. The van der Waals surface area contributed by atoms with Gasteiger partial charge in [-0.25, -0.2) is 9.37 Å². The molecule has 1 aliphatic carbocycles. The smallest absolute Gasteiger partial charge is 0.128 e. The van der Waals surface area contributed by atoms with Crippen LogP contribution in [0.25, 0.3) is 11.0 Å². The number of alkyl halides is 1. The van der Waals surface area contributed by atoms with Crippen molar-refractivity contribution >= 4 is 22.6 Å². The van der Waals surface area contributed by atoms with E-state index in [4.69, 9.17) is 11.6 Å². The molecule has 3 rings (SSSR count). The summed E-state index contributed by atoms with van der Waals surface area (Å²) < 4.78 is 15.8. The molecule has 1 aliphatic rings. The summed E-state index contributed by atoms with van der Waals surface area (Å²) in [5.41, 5.74) is 2.37. The molecule has 0 N–H and O–H groups in total. The van der Waals surface area contributed by atoms with Crippen molar-refractivity contribution < 1.29 is 4.39 Å². The first-order chi connectivity index (χ1) is 9.10. The van der Waals surface area contributed by atoms with Crippen molar-refractivity contribution in [3.63, 3.8) is 0 Å². The van der Waals surface area contributed by atoms with Crippen LogP contribution in [-0.2, 0) is 12.4 Å². The summed E-state index contributed by atoms with van der Waals surface area (Å²) in [5, 5.41) is 0. The maximum Gasteiger partial charge on any atom is 0.128 e. The molecule has 1 aromatic carbocycles. The van der Waals surface area contributed by atoms with E-state index in [9.17, 15) is 4.39 Å². The van der Waals surface area contributed by atoms with Gasteiger partial charge in [0.2, 0.25) is 0 Å². The Kier molecular flexibility index (Phi) is 3.25. The molecule has 0 saturated heterocycles. The predicted molar refractivity (Wildman–Crippen MR) is 75.9 cm³/mol. The molecule has 2 aromatic rings.